The lowest BCUT2D eigenvalue weighted by Crippen LogP contribution is -2.38. The van der Waals surface area contributed by atoms with Gasteiger partial charge < -0.3 is 39.7 Å². The molecule has 4 aromatic heterocycles. The number of hydrogen-bond donors (Lipinski definition) is 4. The molecule has 0 aromatic carbocycles. The fourth-order valence-corrected chi connectivity index (χ4v) is 12.2. The Morgan fingerprint density at radius 2 is 1.70 bits per heavy atom. The van der Waals surface area contributed by atoms with Crippen LogP contribution in [0.4, 0.5) is 5.82 Å². The summed E-state index contributed by atoms with van der Waals surface area (Å²) in [6.45, 7) is 4.10. The Morgan fingerprint density at radius 3 is 2.41 bits per heavy atom. The molecule has 0 amide bonds. The number of H-pyrrole nitrogens is 1. The third-order valence-corrected chi connectivity index (χ3v) is 16.2. The van der Waals surface area contributed by atoms with Crippen molar-refractivity contribution >= 4 is 66.1 Å². The van der Waals surface area contributed by atoms with Gasteiger partial charge in [-0.1, -0.05) is 0 Å². The summed E-state index contributed by atoms with van der Waals surface area (Å²) in [5.74, 6) is -3.14. The minimum Gasteiger partial charge on any atom is -0.454 e. The number of nitrogens with two attached hydrogens (primary N) is 1. The van der Waals surface area contributed by atoms with Gasteiger partial charge in [-0.25, -0.2) is 38.6 Å². The summed E-state index contributed by atoms with van der Waals surface area (Å²) < 4.78 is 81.0. The van der Waals surface area contributed by atoms with Gasteiger partial charge in [0.25, 0.3) is 5.56 Å². The van der Waals surface area contributed by atoms with Crippen LogP contribution in [0.3, 0.4) is 0 Å². The first-order valence-corrected chi connectivity index (χ1v) is 24.5. The number of fused-ring (bicyclic) bond motifs is 4. The maximum atomic E-state index is 15.1. The number of carbonyl (C=O) groups excluding carboxylic acids is 2. The number of hydrogen-bond acceptors (Lipinski definition) is 22. The Labute approximate surface area is 363 Å². The highest BCUT2D eigenvalue weighted by Crippen LogP contribution is 2.74. The molecule has 24 nitrogen and oxygen atoms in total. The van der Waals surface area contributed by atoms with Crippen LogP contribution in [0.5, 0.6) is 0 Å². The van der Waals surface area contributed by atoms with Crippen molar-refractivity contribution in [3.05, 3.63) is 35.2 Å². The van der Waals surface area contributed by atoms with E-state index in [4.69, 9.17) is 42.6 Å². The number of phosphoric acid groups is 1. The molecule has 2 aliphatic heterocycles. The van der Waals surface area contributed by atoms with E-state index in [0.29, 0.717) is 11.4 Å². The summed E-state index contributed by atoms with van der Waals surface area (Å²) in [5.41, 5.74) is 2.91. The van der Waals surface area contributed by atoms with Gasteiger partial charge in [0.1, 0.15) is 41.9 Å². The lowest BCUT2D eigenvalue weighted by Gasteiger charge is -2.32. The molecule has 6 heterocycles. The number of anilines is 1. The maximum absolute atomic E-state index is 15.1. The van der Waals surface area contributed by atoms with Gasteiger partial charge in [0.05, 0.1) is 55.5 Å². The number of phosphoric ester groups is 1. The molecule has 2 saturated heterocycles. The van der Waals surface area contributed by atoms with Crippen LogP contribution >= 0.6 is 26.0 Å². The van der Waals surface area contributed by atoms with Crippen LogP contribution in [0.2, 0.25) is 0 Å². The third-order valence-electron chi connectivity index (χ3n) is 11.5. The van der Waals surface area contributed by atoms with Gasteiger partial charge in [-0.05, 0) is 60.8 Å². The molecule has 5 N–H and O–H groups in total. The van der Waals surface area contributed by atoms with E-state index in [0.717, 1.165) is 0 Å². The molecule has 2 saturated carbocycles. The number of nitrogens with zero attached hydrogens (tertiary/aromatic N) is 7. The summed E-state index contributed by atoms with van der Waals surface area (Å²) in [6, 6.07) is -0.853. The number of carbonyl (C=O) groups is 2. The standard InChI is InChI=1S/C36H49N9O15P2S/c1-17-42-29-22(30(48)43-17)41-14-45(29)31-25-18(9-46)20(58-31)10-55-62(52,63-16-54-33(50)35(5,6)7)60-26-24(47)23(44-13-40-21-27(37)38-12-39-28(21)44)19-8-36(19,26)11-56-61(51,59-25)57-15-53-32(49)34(2,3)4/h12-14,18-20,23-26,31,46-47H,8-11,15-16H2,1-7H3,(H2,37,38,39)(H,42,43,48)/t18-,19-,20-,23-,24+,25-,26+,31-,36?,61?,62?/m1/s1. The number of rotatable bonds is 9. The molecule has 4 aliphatic rings. The zero-order valence-corrected chi connectivity index (χ0v) is 37.9. The molecule has 2 bridgehead atoms. The first-order chi connectivity index (χ1) is 29.6. The second-order valence-corrected chi connectivity index (χ2v) is 23.5. The zero-order chi connectivity index (χ0) is 45.4. The number of ether oxygens (including phenoxy) is 3. The van der Waals surface area contributed by atoms with Crippen LogP contribution in [0.1, 0.15) is 66.1 Å². The van der Waals surface area contributed by atoms with Gasteiger partial charge in [0.2, 0.25) is 6.79 Å². The van der Waals surface area contributed by atoms with Crippen LogP contribution in [0.15, 0.2) is 23.8 Å². The SMILES string of the molecule is Cc1nc2c(ncn2[C@@H]2O[C@@H]3COP(=O)(SCOC(=O)C(C)(C)C)O[C@H]4[C@@H](O)[C@H](n5cnc6c(N)ncnc65)[C@H]5CC54COP(=O)(OCOC(=O)C(C)(C)C)O[C@@H]2[C@@H]3CO)c(=O)[nH]1. The minimum absolute atomic E-state index is 0.0443. The number of aliphatic hydroxyl groups excluding tert-OH is 2. The maximum Gasteiger partial charge on any atom is 0.478 e. The molecule has 0 radical (unpaired) electrons. The normalized spacial score (nSPS) is 33.5. The van der Waals surface area contributed by atoms with Crippen LogP contribution in [0.25, 0.3) is 22.3 Å². The van der Waals surface area contributed by atoms with Crippen molar-refractivity contribution in [3.63, 3.8) is 0 Å². The molecule has 63 heavy (non-hydrogen) atoms. The van der Waals surface area contributed by atoms with Crippen molar-refractivity contribution < 1.29 is 65.8 Å². The van der Waals surface area contributed by atoms with Crippen molar-refractivity contribution in [2.75, 3.05) is 38.3 Å². The van der Waals surface area contributed by atoms with Crippen molar-refractivity contribution in [2.45, 2.75) is 91.6 Å². The Bertz CT molecular complexity index is 2580. The molecule has 11 atom stereocenters. The van der Waals surface area contributed by atoms with Crippen molar-refractivity contribution in [1.29, 1.82) is 0 Å². The monoisotopic (exact) mass is 941 g/mol. The van der Waals surface area contributed by atoms with Gasteiger partial charge in [0.15, 0.2) is 28.9 Å². The van der Waals surface area contributed by atoms with E-state index in [1.165, 1.54) is 23.5 Å². The number of imidazole rings is 2. The van der Waals surface area contributed by atoms with Gasteiger partial charge in [-0.2, -0.15) is 0 Å². The van der Waals surface area contributed by atoms with E-state index in [-0.39, 0.29) is 40.4 Å². The molecular formula is C36H49N9O15P2S. The molecule has 27 heteroatoms. The van der Waals surface area contributed by atoms with Crippen LogP contribution < -0.4 is 11.3 Å². The number of esters is 2. The molecule has 4 fully saturated rings. The number of nitrogens with one attached hydrogen (secondary N) is 1. The summed E-state index contributed by atoms with van der Waals surface area (Å²) in [5, 5.41) is 23.1. The number of nitrogen functional groups attached to an aromatic ring is 1. The first kappa shape index (κ1) is 45.7. The Balaban J connectivity index is 1.21. The highest BCUT2D eigenvalue weighted by molar-refractivity contribution is 8.55. The fourth-order valence-electron chi connectivity index (χ4n) is 8.07. The van der Waals surface area contributed by atoms with Crippen molar-refractivity contribution in [3.8, 4) is 0 Å². The third kappa shape index (κ3) is 8.58. The predicted molar refractivity (Wildman–Crippen MR) is 219 cm³/mol. The van der Waals surface area contributed by atoms with E-state index in [2.05, 4.69) is 29.9 Å². The largest absolute Gasteiger partial charge is 0.478 e. The molecule has 344 valence electrons. The van der Waals surface area contributed by atoms with Crippen LogP contribution in [-0.2, 0) is 55.5 Å². The van der Waals surface area contributed by atoms with Crippen LogP contribution in [-0.4, -0.2) is 118 Å². The van der Waals surface area contributed by atoms with Gasteiger partial charge in [-0.3, -0.25) is 37.0 Å². The van der Waals surface area contributed by atoms with E-state index in [1.54, 1.807) is 53.0 Å². The lowest BCUT2D eigenvalue weighted by atomic mass is 9.98. The quantitative estimate of drug-likeness (QED) is 0.106. The topological polar surface area (TPSA) is 316 Å². The van der Waals surface area contributed by atoms with E-state index < -0.39 is 129 Å². The predicted octanol–water partition coefficient (Wildman–Crippen LogP) is 3.15. The zero-order valence-electron chi connectivity index (χ0n) is 35.3. The Hall–Kier alpha value is -3.87. The number of aliphatic hydroxyl groups is 2. The Morgan fingerprint density at radius 1 is 1.00 bits per heavy atom. The molecule has 3 unspecified atom stereocenters. The Kier molecular flexibility index (Phi) is 12.0. The fraction of sp³-hybridized carbons (Fsp3) is 0.667. The average Bonchev–Trinajstić information content (AvgIpc) is 3.49. The van der Waals surface area contributed by atoms with Gasteiger partial charge in [0, 0.05) is 22.7 Å². The summed E-state index contributed by atoms with van der Waals surface area (Å²) in [6.07, 6.45) is -2.73. The first-order valence-electron chi connectivity index (χ1n) is 19.9. The summed E-state index contributed by atoms with van der Waals surface area (Å²) in [4.78, 5) is 62.4. The summed E-state index contributed by atoms with van der Waals surface area (Å²) in [7, 11) is -4.95. The number of aromatic nitrogens is 8. The molecule has 8 rings (SSSR count). The second-order valence-electron chi connectivity index (χ2n) is 17.9. The molecule has 4 aromatic rings. The number of aryl methyl sites for hydroxylation is 1. The average molecular weight is 942 g/mol. The summed E-state index contributed by atoms with van der Waals surface area (Å²) >= 11 is 0.545. The molecule has 2 aliphatic carbocycles. The highest BCUT2D eigenvalue weighted by Gasteiger charge is 2.74. The minimum atomic E-state index is -4.95. The molecule has 1 spiro atoms. The van der Waals surface area contributed by atoms with Gasteiger partial charge in [-0.15, -0.1) is 0 Å². The molecular weight excluding hydrogens is 892 g/mol. The number of aromatic amines is 1. The lowest BCUT2D eigenvalue weighted by molar-refractivity contribution is -0.161. The van der Waals surface area contributed by atoms with E-state index in [9.17, 15) is 24.6 Å². The van der Waals surface area contributed by atoms with E-state index in [1.807, 2.05) is 0 Å². The van der Waals surface area contributed by atoms with Crippen LogP contribution in [0, 0.1) is 35.0 Å². The van der Waals surface area contributed by atoms with E-state index >= 15 is 9.13 Å². The smallest absolute Gasteiger partial charge is 0.454 e. The van der Waals surface area contributed by atoms with Gasteiger partial charge >= 0.3 is 26.6 Å². The second kappa shape index (κ2) is 16.5. The van der Waals surface area contributed by atoms with Crippen molar-refractivity contribution in [2.24, 2.45) is 28.1 Å². The highest BCUT2D eigenvalue weighted by atomic mass is 32.7. The van der Waals surface area contributed by atoms with Crippen molar-refractivity contribution in [1.82, 2.24) is 39.0 Å².